The summed E-state index contributed by atoms with van der Waals surface area (Å²) in [7, 11) is 0. The maximum Gasteiger partial charge on any atom is 0.260 e. The number of nitrogens with one attached hydrogen (secondary N) is 1. The summed E-state index contributed by atoms with van der Waals surface area (Å²) in [4.78, 5) is 33.4. The van der Waals surface area contributed by atoms with Gasteiger partial charge in [0.1, 0.15) is 17.1 Å². The van der Waals surface area contributed by atoms with Crippen LogP contribution in [0.2, 0.25) is 0 Å². The lowest BCUT2D eigenvalue weighted by molar-refractivity contribution is -0.137. The van der Waals surface area contributed by atoms with E-state index in [2.05, 4.69) is 15.2 Å². The van der Waals surface area contributed by atoms with Gasteiger partial charge in [-0.3, -0.25) is 9.59 Å². The van der Waals surface area contributed by atoms with Crippen LogP contribution in [0.15, 0.2) is 66.9 Å². The van der Waals surface area contributed by atoms with Gasteiger partial charge in [0.05, 0.1) is 18.9 Å². The third-order valence-corrected chi connectivity index (χ3v) is 6.20. The number of rotatable bonds is 9. The van der Waals surface area contributed by atoms with Crippen molar-refractivity contribution < 1.29 is 19.1 Å². The number of nitrogens with two attached hydrogens (primary N) is 1. The predicted molar refractivity (Wildman–Crippen MR) is 137 cm³/mol. The molecule has 0 radical (unpaired) electrons. The van der Waals surface area contributed by atoms with Crippen LogP contribution < -0.4 is 20.7 Å². The molecule has 1 aromatic heterocycles. The van der Waals surface area contributed by atoms with E-state index < -0.39 is 5.91 Å². The first kappa shape index (κ1) is 23.6. The number of hydrogen-bond acceptors (Lipinski definition) is 7. The van der Waals surface area contributed by atoms with E-state index >= 15 is 0 Å². The fourth-order valence-corrected chi connectivity index (χ4v) is 4.31. The van der Waals surface area contributed by atoms with Crippen LogP contribution in [0, 0.1) is 0 Å². The standard InChI is InChI=1S/C27H29N5O4/c28-26(34)25-23(32(21-9-10-21)20-6-2-1-3-7-20)11-12-29-27(25)30-19-5-4-8-22(17-19)36-18-24(33)31-13-15-35-16-14-31/h1-8,11-12,17,21H,9-10,13-16,18H2,(H2,28,34)(H,29,30). The Morgan fingerprint density at radius 1 is 1.08 bits per heavy atom. The Morgan fingerprint density at radius 3 is 2.58 bits per heavy atom. The first-order chi connectivity index (χ1) is 17.6. The number of ether oxygens (including phenoxy) is 2. The summed E-state index contributed by atoms with van der Waals surface area (Å²) in [6.07, 6.45) is 3.76. The number of hydrogen-bond donors (Lipinski definition) is 2. The molecule has 2 amide bonds. The topological polar surface area (TPSA) is 110 Å². The van der Waals surface area contributed by atoms with E-state index in [9.17, 15) is 9.59 Å². The van der Waals surface area contributed by atoms with Crippen LogP contribution in [-0.2, 0) is 9.53 Å². The Labute approximate surface area is 209 Å². The monoisotopic (exact) mass is 487 g/mol. The van der Waals surface area contributed by atoms with Gasteiger partial charge in [-0.25, -0.2) is 4.98 Å². The number of anilines is 4. The lowest BCUT2D eigenvalue weighted by Crippen LogP contribution is -2.42. The summed E-state index contributed by atoms with van der Waals surface area (Å²) in [5, 5.41) is 3.22. The number of amides is 2. The van der Waals surface area contributed by atoms with Crippen LogP contribution in [0.5, 0.6) is 5.75 Å². The van der Waals surface area contributed by atoms with Crippen LogP contribution in [0.3, 0.4) is 0 Å². The molecule has 1 saturated carbocycles. The maximum atomic E-state index is 12.6. The molecule has 2 aliphatic rings. The van der Waals surface area contributed by atoms with Crippen molar-refractivity contribution in [1.29, 1.82) is 0 Å². The molecule has 9 heteroatoms. The van der Waals surface area contributed by atoms with Gasteiger partial charge >= 0.3 is 0 Å². The molecule has 9 nitrogen and oxygen atoms in total. The molecule has 0 bridgehead atoms. The van der Waals surface area contributed by atoms with Crippen molar-refractivity contribution in [3.8, 4) is 5.75 Å². The third kappa shape index (κ3) is 5.41. The quantitative estimate of drug-likeness (QED) is 0.476. The second kappa shape index (κ2) is 10.7. The lowest BCUT2D eigenvalue weighted by Gasteiger charge is -2.27. The average Bonchev–Trinajstić information content (AvgIpc) is 3.74. The first-order valence-corrected chi connectivity index (χ1v) is 12.1. The van der Waals surface area contributed by atoms with Crippen molar-refractivity contribution in [3.63, 3.8) is 0 Å². The smallest absolute Gasteiger partial charge is 0.260 e. The molecule has 1 saturated heterocycles. The van der Waals surface area contributed by atoms with Gasteiger partial charge in [-0.15, -0.1) is 0 Å². The molecule has 36 heavy (non-hydrogen) atoms. The van der Waals surface area contributed by atoms with Gasteiger partial charge in [-0.05, 0) is 43.2 Å². The van der Waals surface area contributed by atoms with Crippen LogP contribution in [0.25, 0.3) is 0 Å². The molecule has 186 valence electrons. The second-order valence-electron chi connectivity index (χ2n) is 8.79. The van der Waals surface area contributed by atoms with Crippen LogP contribution >= 0.6 is 0 Å². The molecular weight excluding hydrogens is 458 g/mol. The molecule has 1 aliphatic heterocycles. The molecule has 0 atom stereocenters. The van der Waals surface area contributed by atoms with Gasteiger partial charge in [0.15, 0.2) is 6.61 Å². The van der Waals surface area contributed by atoms with Crippen LogP contribution in [0.4, 0.5) is 22.9 Å². The van der Waals surface area contributed by atoms with Gasteiger partial charge in [0.25, 0.3) is 11.8 Å². The summed E-state index contributed by atoms with van der Waals surface area (Å²) in [5.74, 6) is 0.249. The Kier molecular flexibility index (Phi) is 6.99. The minimum atomic E-state index is -0.564. The molecule has 0 spiro atoms. The number of benzene rings is 2. The van der Waals surface area contributed by atoms with E-state index in [1.54, 1.807) is 23.2 Å². The van der Waals surface area contributed by atoms with E-state index in [0.717, 1.165) is 24.2 Å². The van der Waals surface area contributed by atoms with Gasteiger partial charge in [0, 0.05) is 42.8 Å². The fourth-order valence-electron chi connectivity index (χ4n) is 4.31. The number of pyridine rings is 1. The molecule has 2 heterocycles. The van der Waals surface area contributed by atoms with Gasteiger partial charge in [-0.2, -0.15) is 0 Å². The number of para-hydroxylation sites is 1. The van der Waals surface area contributed by atoms with Gasteiger partial charge in [-0.1, -0.05) is 24.3 Å². The number of carbonyl (C=O) groups is 2. The summed E-state index contributed by atoms with van der Waals surface area (Å²) < 4.78 is 11.0. The zero-order valence-corrected chi connectivity index (χ0v) is 19.9. The van der Waals surface area contributed by atoms with E-state index in [4.69, 9.17) is 15.2 Å². The molecule has 1 aliphatic carbocycles. The van der Waals surface area contributed by atoms with E-state index in [1.165, 1.54) is 0 Å². The summed E-state index contributed by atoms with van der Waals surface area (Å²) in [6.45, 7) is 2.17. The number of primary amides is 1. The number of carbonyl (C=O) groups excluding carboxylic acids is 2. The largest absolute Gasteiger partial charge is 0.484 e. The SMILES string of the molecule is NC(=O)c1c(N(c2ccccc2)C2CC2)ccnc1Nc1cccc(OCC(=O)N2CCOCC2)c1. The van der Waals surface area contributed by atoms with Crippen LogP contribution in [-0.4, -0.2) is 60.7 Å². The molecule has 2 aromatic carbocycles. The minimum absolute atomic E-state index is 0.0584. The summed E-state index contributed by atoms with van der Waals surface area (Å²) >= 11 is 0. The van der Waals surface area contributed by atoms with Gasteiger partial charge < -0.3 is 30.3 Å². The Morgan fingerprint density at radius 2 is 1.86 bits per heavy atom. The van der Waals surface area contributed by atoms with Crippen molar-refractivity contribution in [2.24, 2.45) is 5.73 Å². The maximum absolute atomic E-state index is 12.6. The second-order valence-corrected chi connectivity index (χ2v) is 8.79. The van der Waals surface area contributed by atoms with Crippen molar-refractivity contribution in [2.75, 3.05) is 43.1 Å². The molecule has 3 aromatic rings. The van der Waals surface area contributed by atoms with Crippen LogP contribution in [0.1, 0.15) is 23.2 Å². The Balaban J connectivity index is 1.36. The normalized spacial score (nSPS) is 15.3. The highest BCUT2D eigenvalue weighted by molar-refractivity contribution is 6.04. The van der Waals surface area contributed by atoms with E-state index in [1.807, 2.05) is 48.5 Å². The fraction of sp³-hybridized carbons (Fsp3) is 0.296. The predicted octanol–water partition coefficient (Wildman–Crippen LogP) is 3.46. The molecular formula is C27H29N5O4. The minimum Gasteiger partial charge on any atom is -0.484 e. The number of morpholine rings is 1. The molecule has 5 rings (SSSR count). The lowest BCUT2D eigenvalue weighted by atomic mass is 10.1. The zero-order valence-electron chi connectivity index (χ0n) is 19.9. The molecule has 2 fully saturated rings. The number of aromatic nitrogens is 1. The number of nitrogens with zero attached hydrogens (tertiary/aromatic N) is 3. The highest BCUT2D eigenvalue weighted by Gasteiger charge is 2.33. The average molecular weight is 488 g/mol. The van der Waals surface area contributed by atoms with E-state index in [0.29, 0.717) is 55.2 Å². The summed E-state index contributed by atoms with van der Waals surface area (Å²) in [5.41, 5.74) is 8.57. The van der Waals surface area contributed by atoms with E-state index in [-0.39, 0.29) is 12.5 Å². The summed E-state index contributed by atoms with van der Waals surface area (Å²) in [6, 6.07) is 19.3. The van der Waals surface area contributed by atoms with Crippen molar-refractivity contribution in [3.05, 3.63) is 72.4 Å². The zero-order chi connectivity index (χ0) is 24.9. The van der Waals surface area contributed by atoms with Crippen molar-refractivity contribution >= 4 is 34.7 Å². The van der Waals surface area contributed by atoms with Crippen molar-refractivity contribution in [2.45, 2.75) is 18.9 Å². The van der Waals surface area contributed by atoms with Crippen molar-refractivity contribution in [1.82, 2.24) is 9.88 Å². The Hall–Kier alpha value is -4.11. The highest BCUT2D eigenvalue weighted by Crippen LogP contribution is 2.41. The third-order valence-electron chi connectivity index (χ3n) is 6.20. The first-order valence-electron chi connectivity index (χ1n) is 12.1. The molecule has 3 N–H and O–H groups in total. The van der Waals surface area contributed by atoms with Gasteiger partial charge in [0.2, 0.25) is 0 Å². The highest BCUT2D eigenvalue weighted by atomic mass is 16.5. The Bertz CT molecular complexity index is 1230. The molecule has 0 unspecified atom stereocenters.